The van der Waals surface area contributed by atoms with Crippen LogP contribution in [-0.2, 0) is 9.53 Å². The van der Waals surface area contributed by atoms with Crippen LogP contribution >= 0.6 is 11.6 Å². The van der Waals surface area contributed by atoms with Gasteiger partial charge in [0.05, 0.1) is 6.54 Å². The van der Waals surface area contributed by atoms with E-state index in [1.54, 1.807) is 0 Å². The number of urea groups is 1. The predicted molar refractivity (Wildman–Crippen MR) is 52.4 cm³/mol. The number of imide groups is 1. The first-order chi connectivity index (χ1) is 6.93. The summed E-state index contributed by atoms with van der Waals surface area (Å²) in [6.45, 7) is 1.42. The summed E-state index contributed by atoms with van der Waals surface area (Å²) in [5.74, 6) is -0.606. The molecule has 0 heterocycles. The molecule has 1 unspecified atom stereocenters. The summed E-state index contributed by atoms with van der Waals surface area (Å²) in [5.41, 5.74) is 4.67. The zero-order valence-corrected chi connectivity index (χ0v) is 8.84. The standard InChI is InChI=1S/C7H12ClN3O4/c1-4(8)5(12)11-7(14)10-2-3-15-6(9)13/h4H,2-3H2,1H3,(H2,9,13)(H2,10,11,12,14). The third-order valence-electron chi connectivity index (χ3n) is 1.23. The number of hydrogen-bond acceptors (Lipinski definition) is 4. The number of amides is 4. The summed E-state index contributed by atoms with van der Waals surface area (Å²) in [6, 6.07) is -0.708. The van der Waals surface area contributed by atoms with Crippen molar-refractivity contribution >= 4 is 29.6 Å². The first-order valence-electron chi connectivity index (χ1n) is 4.08. The molecule has 15 heavy (non-hydrogen) atoms. The van der Waals surface area contributed by atoms with Crippen LogP contribution in [0.1, 0.15) is 6.92 Å². The van der Waals surface area contributed by atoms with Gasteiger partial charge in [-0.2, -0.15) is 0 Å². The molecule has 0 aliphatic rings. The van der Waals surface area contributed by atoms with Gasteiger partial charge in [0, 0.05) is 0 Å². The van der Waals surface area contributed by atoms with Crippen molar-refractivity contribution in [2.24, 2.45) is 5.73 Å². The Morgan fingerprint density at radius 2 is 2.07 bits per heavy atom. The molecule has 0 spiro atoms. The van der Waals surface area contributed by atoms with E-state index in [-0.39, 0.29) is 13.2 Å². The first-order valence-corrected chi connectivity index (χ1v) is 4.52. The number of hydrogen-bond donors (Lipinski definition) is 3. The van der Waals surface area contributed by atoms with Gasteiger partial charge >= 0.3 is 12.1 Å². The maximum atomic E-state index is 10.9. The van der Waals surface area contributed by atoms with Crippen molar-refractivity contribution in [3.63, 3.8) is 0 Å². The molecule has 0 aliphatic heterocycles. The highest BCUT2D eigenvalue weighted by atomic mass is 35.5. The maximum absolute atomic E-state index is 10.9. The van der Waals surface area contributed by atoms with Crippen LogP contribution in [0.15, 0.2) is 0 Å². The van der Waals surface area contributed by atoms with Crippen molar-refractivity contribution in [2.75, 3.05) is 13.2 Å². The second kappa shape index (κ2) is 6.88. The fraction of sp³-hybridized carbons (Fsp3) is 0.571. The van der Waals surface area contributed by atoms with Crippen LogP contribution in [0, 0.1) is 0 Å². The molecule has 0 saturated heterocycles. The van der Waals surface area contributed by atoms with Crippen molar-refractivity contribution in [3.05, 3.63) is 0 Å². The van der Waals surface area contributed by atoms with Crippen molar-refractivity contribution < 1.29 is 19.1 Å². The van der Waals surface area contributed by atoms with Crippen molar-refractivity contribution in [1.82, 2.24) is 10.6 Å². The minimum Gasteiger partial charge on any atom is -0.448 e. The van der Waals surface area contributed by atoms with Gasteiger partial charge in [-0.05, 0) is 6.92 Å². The number of nitrogens with two attached hydrogens (primary N) is 1. The average molecular weight is 238 g/mol. The van der Waals surface area contributed by atoms with Crippen molar-refractivity contribution in [3.8, 4) is 0 Å². The Labute approximate surface area is 91.3 Å². The van der Waals surface area contributed by atoms with Crippen LogP contribution in [-0.4, -0.2) is 36.6 Å². The van der Waals surface area contributed by atoms with E-state index in [1.807, 2.05) is 5.32 Å². The highest BCUT2D eigenvalue weighted by Gasteiger charge is 2.12. The molecule has 0 fully saturated rings. The van der Waals surface area contributed by atoms with Gasteiger partial charge in [0.2, 0.25) is 5.91 Å². The van der Waals surface area contributed by atoms with Crippen molar-refractivity contribution in [2.45, 2.75) is 12.3 Å². The van der Waals surface area contributed by atoms with E-state index in [4.69, 9.17) is 11.6 Å². The number of carbonyl (C=O) groups is 3. The molecule has 0 radical (unpaired) electrons. The molecule has 0 aliphatic carbocycles. The molecule has 86 valence electrons. The third kappa shape index (κ3) is 7.56. The molecule has 0 aromatic carbocycles. The van der Waals surface area contributed by atoms with Gasteiger partial charge in [-0.3, -0.25) is 10.1 Å². The summed E-state index contributed by atoms with van der Waals surface area (Å²) >= 11 is 5.40. The highest BCUT2D eigenvalue weighted by Crippen LogP contribution is 1.91. The lowest BCUT2D eigenvalue weighted by atomic mass is 10.4. The number of ether oxygens (including phenoxy) is 1. The van der Waals surface area contributed by atoms with Crippen LogP contribution in [0.2, 0.25) is 0 Å². The number of alkyl halides is 1. The fourth-order valence-corrected chi connectivity index (χ4v) is 0.626. The number of rotatable bonds is 4. The zero-order valence-electron chi connectivity index (χ0n) is 8.08. The molecule has 0 rings (SSSR count). The average Bonchev–Trinajstić information content (AvgIpc) is 2.12. The number of halogens is 1. The van der Waals surface area contributed by atoms with E-state index in [9.17, 15) is 14.4 Å². The Kier molecular flexibility index (Phi) is 6.19. The Hall–Kier alpha value is -1.50. The summed E-state index contributed by atoms with van der Waals surface area (Å²) in [5, 5.41) is 3.44. The van der Waals surface area contributed by atoms with E-state index < -0.39 is 23.4 Å². The largest absolute Gasteiger partial charge is 0.448 e. The summed E-state index contributed by atoms with van der Waals surface area (Å²) < 4.78 is 4.33. The molecule has 1 atom stereocenters. The Morgan fingerprint density at radius 3 is 2.53 bits per heavy atom. The van der Waals surface area contributed by atoms with Gasteiger partial charge < -0.3 is 15.8 Å². The number of nitrogens with one attached hydrogen (secondary N) is 2. The Bertz CT molecular complexity index is 257. The van der Waals surface area contributed by atoms with Gasteiger partial charge in [0.15, 0.2) is 0 Å². The quantitative estimate of drug-likeness (QED) is 0.454. The minimum atomic E-state index is -0.928. The van der Waals surface area contributed by atoms with Gasteiger partial charge in [0.1, 0.15) is 12.0 Å². The third-order valence-corrected chi connectivity index (χ3v) is 1.43. The highest BCUT2D eigenvalue weighted by molar-refractivity contribution is 6.31. The van der Waals surface area contributed by atoms with Gasteiger partial charge in [0.25, 0.3) is 0 Å². The van der Waals surface area contributed by atoms with Gasteiger partial charge in [-0.1, -0.05) is 0 Å². The van der Waals surface area contributed by atoms with Crippen LogP contribution in [0.3, 0.4) is 0 Å². The lowest BCUT2D eigenvalue weighted by molar-refractivity contribution is -0.119. The molecular weight excluding hydrogens is 226 g/mol. The molecule has 0 aromatic heterocycles. The monoisotopic (exact) mass is 237 g/mol. The summed E-state index contributed by atoms with van der Waals surface area (Å²) in [6.07, 6.45) is -0.928. The Morgan fingerprint density at radius 1 is 1.47 bits per heavy atom. The summed E-state index contributed by atoms with van der Waals surface area (Å²) in [4.78, 5) is 31.9. The SMILES string of the molecule is CC(Cl)C(=O)NC(=O)NCCOC(N)=O. The maximum Gasteiger partial charge on any atom is 0.404 e. The zero-order chi connectivity index (χ0) is 11.8. The second-order valence-corrected chi connectivity index (χ2v) is 3.18. The van der Waals surface area contributed by atoms with E-state index in [0.717, 1.165) is 0 Å². The van der Waals surface area contributed by atoms with Crippen LogP contribution < -0.4 is 16.4 Å². The molecule has 4 N–H and O–H groups in total. The van der Waals surface area contributed by atoms with Crippen molar-refractivity contribution in [1.29, 1.82) is 0 Å². The van der Waals surface area contributed by atoms with E-state index in [0.29, 0.717) is 0 Å². The lowest BCUT2D eigenvalue weighted by Gasteiger charge is -2.07. The Balaban J connectivity index is 3.58. The smallest absolute Gasteiger partial charge is 0.404 e. The van der Waals surface area contributed by atoms with Crippen LogP contribution in [0.25, 0.3) is 0 Å². The minimum absolute atomic E-state index is 0.0543. The van der Waals surface area contributed by atoms with E-state index in [1.165, 1.54) is 6.92 Å². The molecule has 7 nitrogen and oxygen atoms in total. The predicted octanol–water partition coefficient (Wildman–Crippen LogP) is -0.465. The second-order valence-electron chi connectivity index (χ2n) is 2.53. The normalized spacial score (nSPS) is 11.3. The number of primary amides is 1. The van der Waals surface area contributed by atoms with Crippen LogP contribution in [0.4, 0.5) is 9.59 Å². The molecule has 4 amide bonds. The van der Waals surface area contributed by atoms with Gasteiger partial charge in [-0.15, -0.1) is 11.6 Å². The van der Waals surface area contributed by atoms with E-state index >= 15 is 0 Å². The number of carbonyl (C=O) groups excluding carboxylic acids is 3. The topological polar surface area (TPSA) is 111 Å². The first kappa shape index (κ1) is 13.5. The molecule has 0 saturated carbocycles. The fourth-order valence-electron chi connectivity index (χ4n) is 0.572. The molecule has 0 aromatic rings. The lowest BCUT2D eigenvalue weighted by Crippen LogP contribution is -2.43. The van der Waals surface area contributed by atoms with Gasteiger partial charge in [-0.25, -0.2) is 9.59 Å². The van der Waals surface area contributed by atoms with Crippen LogP contribution in [0.5, 0.6) is 0 Å². The van der Waals surface area contributed by atoms with E-state index in [2.05, 4.69) is 15.8 Å². The molecule has 0 bridgehead atoms. The summed E-state index contributed by atoms with van der Waals surface area (Å²) in [7, 11) is 0. The molecular formula is C7H12ClN3O4. The molecule has 8 heteroatoms.